The maximum Gasteiger partial charge on any atom is 0.301 e. The van der Waals surface area contributed by atoms with E-state index in [-0.39, 0.29) is 35.3 Å². The van der Waals surface area contributed by atoms with Crippen LogP contribution in [0.25, 0.3) is 10.9 Å². The van der Waals surface area contributed by atoms with Crippen LogP contribution in [0.1, 0.15) is 19.3 Å². The van der Waals surface area contributed by atoms with Gasteiger partial charge in [0.2, 0.25) is 0 Å². The second kappa shape index (κ2) is 9.00. The molecule has 0 N–H and O–H groups in total. The molecule has 2 atom stereocenters. The third-order valence-electron chi connectivity index (χ3n) is 6.39. The lowest BCUT2D eigenvalue weighted by Gasteiger charge is -2.31. The minimum Gasteiger partial charge on any atom is -0.463 e. The van der Waals surface area contributed by atoms with Crippen molar-refractivity contribution in [3.05, 3.63) is 33.3 Å². The zero-order chi connectivity index (χ0) is 23.1. The molecule has 2 fully saturated rings. The Kier molecular flexibility index (Phi) is 6.64. The van der Waals surface area contributed by atoms with E-state index in [0.29, 0.717) is 19.6 Å². The molecule has 0 amide bonds. The van der Waals surface area contributed by atoms with Gasteiger partial charge in [-0.1, -0.05) is 31.2 Å². The quantitative estimate of drug-likeness (QED) is 0.408. The number of benzene rings is 1. The molecule has 0 radical (unpaired) electrons. The van der Waals surface area contributed by atoms with Crippen molar-refractivity contribution in [2.24, 2.45) is 0 Å². The van der Waals surface area contributed by atoms with Gasteiger partial charge in [0.05, 0.1) is 10.9 Å². The molecule has 2 saturated heterocycles. The molecule has 0 unspecified atom stereocenters. The van der Waals surface area contributed by atoms with Crippen LogP contribution in [0, 0.1) is 5.82 Å². The summed E-state index contributed by atoms with van der Waals surface area (Å²) in [6, 6.07) is 3.45. The number of alkyl halides is 1. The molecule has 2 aliphatic heterocycles. The van der Waals surface area contributed by atoms with E-state index in [4.69, 9.17) is 21.1 Å². The Labute approximate surface area is 192 Å². The largest absolute Gasteiger partial charge is 0.463 e. The summed E-state index contributed by atoms with van der Waals surface area (Å²) in [5.41, 5.74) is -0.980. The van der Waals surface area contributed by atoms with Gasteiger partial charge >= 0.3 is 6.01 Å². The summed E-state index contributed by atoms with van der Waals surface area (Å²) in [5, 5.41) is 0.190. The van der Waals surface area contributed by atoms with E-state index in [1.165, 1.54) is 10.6 Å². The Balaban J connectivity index is 1.64. The molecule has 1 aromatic carbocycles. The number of nitrogens with zero attached hydrogens (tertiary/aromatic N) is 3. The van der Waals surface area contributed by atoms with Crippen molar-refractivity contribution in [2.45, 2.75) is 63.4 Å². The van der Waals surface area contributed by atoms with E-state index in [1.807, 2.05) is 0 Å². The van der Waals surface area contributed by atoms with E-state index < -0.39 is 31.2 Å². The summed E-state index contributed by atoms with van der Waals surface area (Å²) in [6.07, 6.45) is 1.29. The molecule has 6 nitrogen and oxygen atoms in total. The van der Waals surface area contributed by atoms with Gasteiger partial charge in [-0.05, 0) is 37.6 Å². The van der Waals surface area contributed by atoms with Gasteiger partial charge in [-0.2, -0.15) is 4.98 Å². The maximum absolute atomic E-state index is 14.5. The van der Waals surface area contributed by atoms with E-state index >= 15 is 0 Å². The number of rotatable bonds is 8. The number of halogens is 3. The Hall–Kier alpha value is -1.55. The summed E-state index contributed by atoms with van der Waals surface area (Å²) < 4.78 is 41.7. The second-order valence-electron chi connectivity index (χ2n) is 10.1. The number of hydrogen-bond acceptors (Lipinski definition) is 5. The van der Waals surface area contributed by atoms with Crippen molar-refractivity contribution >= 4 is 30.6 Å². The van der Waals surface area contributed by atoms with Crippen molar-refractivity contribution in [1.29, 1.82) is 0 Å². The van der Waals surface area contributed by atoms with Crippen molar-refractivity contribution in [2.75, 3.05) is 26.3 Å². The first-order valence-electron chi connectivity index (χ1n) is 11.1. The average Bonchev–Trinajstić information content (AvgIpc) is 3.20. The fourth-order valence-electron chi connectivity index (χ4n) is 4.64. The topological polar surface area (TPSA) is 56.6 Å². The number of fused-ring (bicyclic) bond motifs is 2. The van der Waals surface area contributed by atoms with Crippen LogP contribution < -0.4 is 10.3 Å². The van der Waals surface area contributed by atoms with Crippen LogP contribution in [0.3, 0.4) is 0 Å². The normalized spacial score (nSPS) is 23.8. The number of aromatic nitrogens is 2. The van der Waals surface area contributed by atoms with Crippen LogP contribution in [-0.4, -0.2) is 60.5 Å². The van der Waals surface area contributed by atoms with Gasteiger partial charge in [0, 0.05) is 32.7 Å². The van der Waals surface area contributed by atoms with Crippen molar-refractivity contribution in [3.8, 4) is 6.01 Å². The minimum atomic E-state index is -1.30. The predicted molar refractivity (Wildman–Crippen MR) is 124 cm³/mol. The Bertz CT molecular complexity index is 1060. The van der Waals surface area contributed by atoms with Crippen LogP contribution in [-0.2, 0) is 11.5 Å². The molecule has 176 valence electrons. The first kappa shape index (κ1) is 23.6. The van der Waals surface area contributed by atoms with Crippen LogP contribution in [0.2, 0.25) is 30.7 Å². The monoisotopic (exact) mass is 485 g/mol. The molecule has 3 heterocycles. The highest BCUT2D eigenvalue weighted by Gasteiger charge is 2.49. The molecule has 1 aromatic heterocycles. The van der Waals surface area contributed by atoms with Crippen molar-refractivity contribution in [1.82, 2.24) is 14.5 Å². The first-order valence-corrected chi connectivity index (χ1v) is 15.2. The Morgan fingerprint density at radius 1 is 1.34 bits per heavy atom. The fourth-order valence-corrected chi connectivity index (χ4v) is 5.60. The zero-order valence-electron chi connectivity index (χ0n) is 18.8. The standard InChI is InChI=1S/C22H30ClF2N3O3Si/c1-32(2,3)8-7-30-14-28-20(29)17-9-15(23)10-18(25)19(17)26-21(28)31-13-22-5-4-6-27(22)12-16(24)11-22/h9-10,16H,4-8,11-14H2,1-3H3/t16-,22+/m1/s1. The molecule has 0 saturated carbocycles. The van der Waals surface area contributed by atoms with Gasteiger partial charge < -0.3 is 9.47 Å². The van der Waals surface area contributed by atoms with E-state index in [1.54, 1.807) is 0 Å². The number of hydrogen-bond donors (Lipinski definition) is 0. The molecule has 2 aromatic rings. The smallest absolute Gasteiger partial charge is 0.301 e. The molecule has 0 spiro atoms. The molecule has 10 heteroatoms. The van der Waals surface area contributed by atoms with Crippen LogP contribution in [0.5, 0.6) is 6.01 Å². The van der Waals surface area contributed by atoms with E-state index in [0.717, 1.165) is 31.5 Å². The van der Waals surface area contributed by atoms with Crippen molar-refractivity contribution < 1.29 is 18.3 Å². The van der Waals surface area contributed by atoms with Gasteiger partial charge in [0.25, 0.3) is 5.56 Å². The third-order valence-corrected chi connectivity index (χ3v) is 8.31. The summed E-state index contributed by atoms with van der Waals surface area (Å²) in [5.74, 6) is -0.688. The molecule has 0 bridgehead atoms. The van der Waals surface area contributed by atoms with Gasteiger partial charge in [-0.25, -0.2) is 13.3 Å². The zero-order valence-corrected chi connectivity index (χ0v) is 20.6. The van der Waals surface area contributed by atoms with Crippen molar-refractivity contribution in [3.63, 3.8) is 0 Å². The maximum atomic E-state index is 14.5. The van der Waals surface area contributed by atoms with E-state index in [9.17, 15) is 13.6 Å². The Morgan fingerprint density at radius 2 is 2.12 bits per heavy atom. The van der Waals surface area contributed by atoms with Gasteiger partial charge in [-0.15, -0.1) is 0 Å². The second-order valence-corrected chi connectivity index (χ2v) is 16.2. The molecular weight excluding hydrogens is 456 g/mol. The predicted octanol–water partition coefficient (Wildman–Crippen LogP) is 4.46. The average molecular weight is 486 g/mol. The summed E-state index contributed by atoms with van der Waals surface area (Å²) >= 11 is 5.97. The Morgan fingerprint density at radius 3 is 2.88 bits per heavy atom. The lowest BCUT2D eigenvalue weighted by atomic mass is 9.95. The first-order chi connectivity index (χ1) is 15.1. The van der Waals surface area contributed by atoms with E-state index in [2.05, 4.69) is 29.5 Å². The highest BCUT2D eigenvalue weighted by molar-refractivity contribution is 6.76. The van der Waals surface area contributed by atoms with Gasteiger partial charge in [0.15, 0.2) is 5.82 Å². The minimum absolute atomic E-state index is 0.0136. The van der Waals surface area contributed by atoms with Crippen LogP contribution in [0.4, 0.5) is 8.78 Å². The molecule has 4 rings (SSSR count). The SMILES string of the molecule is C[Si](C)(C)CCOCn1c(OC[C@@]23CCCN2C[C@H](F)C3)nc2c(F)cc(Cl)cc2c1=O. The molecule has 0 aliphatic carbocycles. The molecular formula is C22H30ClF2N3O3Si. The summed E-state index contributed by atoms with van der Waals surface area (Å²) in [6.45, 7) is 8.59. The van der Waals surface area contributed by atoms with Crippen LogP contribution >= 0.6 is 11.6 Å². The fraction of sp³-hybridized carbons (Fsp3) is 0.636. The summed E-state index contributed by atoms with van der Waals surface area (Å²) in [7, 11) is -1.30. The third kappa shape index (κ3) is 4.85. The van der Waals surface area contributed by atoms with Crippen LogP contribution in [0.15, 0.2) is 16.9 Å². The highest BCUT2D eigenvalue weighted by Crippen LogP contribution is 2.40. The molecule has 2 aliphatic rings. The lowest BCUT2D eigenvalue weighted by molar-refractivity contribution is 0.0624. The van der Waals surface area contributed by atoms with Gasteiger partial charge in [-0.3, -0.25) is 9.69 Å². The molecule has 32 heavy (non-hydrogen) atoms. The number of ether oxygens (including phenoxy) is 2. The summed E-state index contributed by atoms with van der Waals surface area (Å²) in [4.78, 5) is 19.6. The van der Waals surface area contributed by atoms with Gasteiger partial charge in [0.1, 0.15) is 25.0 Å². The highest BCUT2D eigenvalue weighted by atomic mass is 35.5. The lowest BCUT2D eigenvalue weighted by Crippen LogP contribution is -2.44.